The molecule has 0 aliphatic carbocycles. The molecule has 1 aromatic carbocycles. The Morgan fingerprint density at radius 2 is 2.07 bits per heavy atom. The number of rotatable bonds is 5. The maximum atomic E-state index is 11.2. The molecule has 0 aliphatic rings. The molecule has 4 heteroatoms. The predicted octanol–water partition coefficient (Wildman–Crippen LogP) is 1.98. The first-order chi connectivity index (χ1) is 7.15. The van der Waals surface area contributed by atoms with Crippen molar-refractivity contribution >= 4 is 21.8 Å². The lowest BCUT2D eigenvalue weighted by Gasteiger charge is -2.15. The Labute approximate surface area is 98.2 Å². The Morgan fingerprint density at radius 1 is 1.47 bits per heavy atom. The van der Waals surface area contributed by atoms with E-state index < -0.39 is 6.04 Å². The van der Waals surface area contributed by atoms with Crippen LogP contribution in [0.15, 0.2) is 28.7 Å². The predicted molar refractivity (Wildman–Crippen MR) is 64.4 cm³/mol. The number of benzene rings is 1. The molecule has 15 heavy (non-hydrogen) atoms. The van der Waals surface area contributed by atoms with E-state index in [9.17, 15) is 4.79 Å². The van der Waals surface area contributed by atoms with E-state index in [0.29, 0.717) is 0 Å². The molecule has 0 bridgehead atoms. The molecule has 0 fully saturated rings. The van der Waals surface area contributed by atoms with Gasteiger partial charge < -0.3 is 11.1 Å². The molecule has 0 saturated heterocycles. The van der Waals surface area contributed by atoms with Crippen LogP contribution < -0.4 is 11.1 Å². The SMILES string of the molecule is CCCNC(C(N)=O)c1ccc(Br)cc1. The topological polar surface area (TPSA) is 55.1 Å². The van der Waals surface area contributed by atoms with Gasteiger partial charge in [0.25, 0.3) is 0 Å². The largest absolute Gasteiger partial charge is 0.368 e. The van der Waals surface area contributed by atoms with Crippen molar-refractivity contribution in [1.82, 2.24) is 5.32 Å². The summed E-state index contributed by atoms with van der Waals surface area (Å²) in [6, 6.07) is 7.19. The van der Waals surface area contributed by atoms with Crippen molar-refractivity contribution in [2.24, 2.45) is 5.73 Å². The smallest absolute Gasteiger partial charge is 0.239 e. The number of carbonyl (C=O) groups is 1. The van der Waals surface area contributed by atoms with E-state index in [-0.39, 0.29) is 5.91 Å². The highest BCUT2D eigenvalue weighted by atomic mass is 79.9. The first-order valence-corrected chi connectivity index (χ1v) is 5.72. The molecule has 3 nitrogen and oxygen atoms in total. The van der Waals surface area contributed by atoms with Gasteiger partial charge in [-0.15, -0.1) is 0 Å². The monoisotopic (exact) mass is 270 g/mol. The van der Waals surface area contributed by atoms with Crippen LogP contribution in [0.25, 0.3) is 0 Å². The minimum atomic E-state index is -0.391. The van der Waals surface area contributed by atoms with Crippen LogP contribution in [0, 0.1) is 0 Å². The van der Waals surface area contributed by atoms with E-state index in [0.717, 1.165) is 23.0 Å². The first-order valence-electron chi connectivity index (χ1n) is 4.93. The van der Waals surface area contributed by atoms with Crippen molar-refractivity contribution in [3.05, 3.63) is 34.3 Å². The van der Waals surface area contributed by atoms with Crippen LogP contribution in [-0.4, -0.2) is 12.5 Å². The third-order valence-electron chi connectivity index (χ3n) is 2.09. The summed E-state index contributed by atoms with van der Waals surface area (Å²) in [4.78, 5) is 11.2. The summed E-state index contributed by atoms with van der Waals surface area (Å²) in [5, 5.41) is 3.11. The molecular weight excluding hydrogens is 256 g/mol. The minimum absolute atomic E-state index is 0.342. The Bertz CT molecular complexity index is 324. The van der Waals surface area contributed by atoms with Crippen LogP contribution >= 0.6 is 15.9 Å². The van der Waals surface area contributed by atoms with Gasteiger partial charge in [-0.3, -0.25) is 4.79 Å². The van der Waals surface area contributed by atoms with Gasteiger partial charge in [0.15, 0.2) is 0 Å². The summed E-state index contributed by atoms with van der Waals surface area (Å²) in [7, 11) is 0. The fourth-order valence-electron chi connectivity index (χ4n) is 1.33. The van der Waals surface area contributed by atoms with Crippen LogP contribution in [0.1, 0.15) is 24.9 Å². The van der Waals surface area contributed by atoms with Crippen LogP contribution in [0.4, 0.5) is 0 Å². The van der Waals surface area contributed by atoms with Crippen LogP contribution in [0.3, 0.4) is 0 Å². The molecule has 1 rings (SSSR count). The summed E-state index contributed by atoms with van der Waals surface area (Å²) in [6.45, 7) is 2.83. The second kappa shape index (κ2) is 5.88. The van der Waals surface area contributed by atoms with Crippen molar-refractivity contribution in [2.45, 2.75) is 19.4 Å². The number of halogens is 1. The average Bonchev–Trinajstić information content (AvgIpc) is 2.21. The maximum absolute atomic E-state index is 11.2. The number of nitrogens with two attached hydrogens (primary N) is 1. The summed E-state index contributed by atoms with van der Waals surface area (Å²) in [6.07, 6.45) is 0.973. The zero-order valence-corrected chi connectivity index (χ0v) is 10.3. The van der Waals surface area contributed by atoms with Crippen LogP contribution in [0.2, 0.25) is 0 Å². The van der Waals surface area contributed by atoms with E-state index in [2.05, 4.69) is 21.2 Å². The second-order valence-electron chi connectivity index (χ2n) is 3.34. The Hall–Kier alpha value is -0.870. The highest BCUT2D eigenvalue weighted by molar-refractivity contribution is 9.10. The van der Waals surface area contributed by atoms with Crippen LogP contribution in [-0.2, 0) is 4.79 Å². The van der Waals surface area contributed by atoms with Gasteiger partial charge in [0.05, 0.1) is 0 Å². The highest BCUT2D eigenvalue weighted by Crippen LogP contribution is 2.16. The lowest BCUT2D eigenvalue weighted by Crippen LogP contribution is -2.33. The van der Waals surface area contributed by atoms with Crippen LogP contribution in [0.5, 0.6) is 0 Å². The van der Waals surface area contributed by atoms with E-state index in [1.54, 1.807) is 0 Å². The minimum Gasteiger partial charge on any atom is -0.368 e. The number of hydrogen-bond acceptors (Lipinski definition) is 2. The van der Waals surface area contributed by atoms with Gasteiger partial charge >= 0.3 is 0 Å². The molecule has 82 valence electrons. The number of primary amides is 1. The molecule has 0 heterocycles. The van der Waals surface area contributed by atoms with Gasteiger partial charge in [-0.1, -0.05) is 35.0 Å². The van der Waals surface area contributed by atoms with Crippen molar-refractivity contribution in [2.75, 3.05) is 6.54 Å². The van der Waals surface area contributed by atoms with Gasteiger partial charge in [-0.05, 0) is 30.7 Å². The average molecular weight is 271 g/mol. The van der Waals surface area contributed by atoms with E-state index in [4.69, 9.17) is 5.73 Å². The molecule has 0 spiro atoms. The fourth-order valence-corrected chi connectivity index (χ4v) is 1.59. The van der Waals surface area contributed by atoms with E-state index in [1.807, 2.05) is 31.2 Å². The molecular formula is C11H15BrN2O. The second-order valence-corrected chi connectivity index (χ2v) is 4.26. The number of nitrogens with one attached hydrogen (secondary N) is 1. The summed E-state index contributed by atoms with van der Waals surface area (Å²) in [5.74, 6) is -0.342. The molecule has 0 radical (unpaired) electrons. The quantitative estimate of drug-likeness (QED) is 0.860. The highest BCUT2D eigenvalue weighted by Gasteiger charge is 2.15. The van der Waals surface area contributed by atoms with Crippen molar-refractivity contribution in [3.63, 3.8) is 0 Å². The Morgan fingerprint density at radius 3 is 2.53 bits per heavy atom. The lowest BCUT2D eigenvalue weighted by molar-refractivity contribution is -0.120. The summed E-state index contributed by atoms with van der Waals surface area (Å²) in [5.41, 5.74) is 6.24. The molecule has 1 atom stereocenters. The summed E-state index contributed by atoms with van der Waals surface area (Å²) < 4.78 is 0.991. The van der Waals surface area contributed by atoms with Gasteiger partial charge in [0, 0.05) is 4.47 Å². The van der Waals surface area contributed by atoms with Crippen molar-refractivity contribution in [1.29, 1.82) is 0 Å². The number of amides is 1. The molecule has 3 N–H and O–H groups in total. The number of carbonyl (C=O) groups excluding carboxylic acids is 1. The van der Waals surface area contributed by atoms with Crippen molar-refractivity contribution < 1.29 is 4.79 Å². The Kier molecular flexibility index (Phi) is 4.78. The molecule has 0 saturated carbocycles. The maximum Gasteiger partial charge on any atom is 0.239 e. The summed E-state index contributed by atoms with van der Waals surface area (Å²) >= 11 is 3.35. The molecule has 1 amide bonds. The molecule has 1 unspecified atom stereocenters. The molecule has 0 aromatic heterocycles. The Balaban J connectivity index is 2.79. The molecule has 0 aliphatic heterocycles. The van der Waals surface area contributed by atoms with Gasteiger partial charge in [0.2, 0.25) is 5.91 Å². The zero-order chi connectivity index (χ0) is 11.3. The zero-order valence-electron chi connectivity index (χ0n) is 8.66. The third-order valence-corrected chi connectivity index (χ3v) is 2.61. The van der Waals surface area contributed by atoms with Crippen molar-refractivity contribution in [3.8, 4) is 0 Å². The third kappa shape index (κ3) is 3.64. The van der Waals surface area contributed by atoms with Gasteiger partial charge in [0.1, 0.15) is 6.04 Å². The molecule has 1 aromatic rings. The normalized spacial score (nSPS) is 12.4. The van der Waals surface area contributed by atoms with E-state index >= 15 is 0 Å². The standard InChI is InChI=1S/C11H15BrN2O/c1-2-7-14-10(11(13)15)8-3-5-9(12)6-4-8/h3-6,10,14H,2,7H2,1H3,(H2,13,15). The fraction of sp³-hybridized carbons (Fsp3) is 0.364. The first kappa shape index (κ1) is 12.2. The van der Waals surface area contributed by atoms with E-state index in [1.165, 1.54) is 0 Å². The number of hydrogen-bond donors (Lipinski definition) is 2. The van der Waals surface area contributed by atoms with Gasteiger partial charge in [-0.25, -0.2) is 0 Å². The van der Waals surface area contributed by atoms with Gasteiger partial charge in [-0.2, -0.15) is 0 Å². The lowest BCUT2D eigenvalue weighted by atomic mass is 10.1.